The highest BCUT2D eigenvalue weighted by Gasteiger charge is 2.13. The zero-order chi connectivity index (χ0) is 14.4. The molecule has 0 fully saturated rings. The monoisotopic (exact) mass is 371 g/mol. The van der Waals surface area contributed by atoms with Crippen LogP contribution >= 0.6 is 38.9 Å². The van der Waals surface area contributed by atoms with E-state index in [1.807, 2.05) is 6.07 Å². The van der Waals surface area contributed by atoms with E-state index in [0.717, 1.165) is 34.7 Å². The number of hydrogen-bond donors (Lipinski definition) is 1. The van der Waals surface area contributed by atoms with E-state index >= 15 is 0 Å². The van der Waals surface area contributed by atoms with Gasteiger partial charge in [0, 0.05) is 21.8 Å². The van der Waals surface area contributed by atoms with Gasteiger partial charge in [-0.05, 0) is 49.2 Å². The molecular formula is C16H19BrClNS. The summed E-state index contributed by atoms with van der Waals surface area (Å²) >= 11 is 11.3. The fourth-order valence-corrected chi connectivity index (χ4v) is 3.81. The maximum atomic E-state index is 6.04. The van der Waals surface area contributed by atoms with Crippen molar-refractivity contribution in [2.45, 2.75) is 25.7 Å². The molecule has 1 unspecified atom stereocenters. The largest absolute Gasteiger partial charge is 0.316 e. The Balaban J connectivity index is 2.11. The first-order valence-corrected chi connectivity index (χ1v) is 8.88. The quantitative estimate of drug-likeness (QED) is 0.634. The molecule has 108 valence electrons. The van der Waals surface area contributed by atoms with Crippen LogP contribution < -0.4 is 5.32 Å². The van der Waals surface area contributed by atoms with Crippen molar-refractivity contribution < 1.29 is 0 Å². The molecule has 4 heteroatoms. The summed E-state index contributed by atoms with van der Waals surface area (Å²) in [5, 5.41) is 3.54. The van der Waals surface area contributed by atoms with Crippen molar-refractivity contribution in [1.82, 2.24) is 5.32 Å². The van der Waals surface area contributed by atoms with Crippen molar-refractivity contribution in [2.24, 2.45) is 0 Å². The molecule has 0 bridgehead atoms. The molecule has 1 N–H and O–H groups in total. The molecule has 1 atom stereocenters. The van der Waals surface area contributed by atoms with Crippen LogP contribution in [0.2, 0.25) is 4.34 Å². The number of benzene rings is 1. The van der Waals surface area contributed by atoms with Gasteiger partial charge in [-0.25, -0.2) is 0 Å². The number of thiophene rings is 1. The molecule has 0 saturated carbocycles. The highest BCUT2D eigenvalue weighted by atomic mass is 79.9. The van der Waals surface area contributed by atoms with Crippen molar-refractivity contribution in [1.29, 1.82) is 0 Å². The molecule has 1 aromatic heterocycles. The minimum Gasteiger partial charge on any atom is -0.316 e. The molecule has 0 aliphatic carbocycles. The molecule has 1 heterocycles. The van der Waals surface area contributed by atoms with Crippen molar-refractivity contribution in [2.75, 3.05) is 13.1 Å². The predicted molar refractivity (Wildman–Crippen MR) is 93.1 cm³/mol. The molecule has 1 nitrogen and oxygen atoms in total. The maximum absolute atomic E-state index is 6.04. The summed E-state index contributed by atoms with van der Waals surface area (Å²) in [7, 11) is 0. The van der Waals surface area contributed by atoms with Gasteiger partial charge in [-0.2, -0.15) is 0 Å². The number of rotatable bonds is 7. The molecule has 0 spiro atoms. The van der Waals surface area contributed by atoms with Crippen LogP contribution in [-0.4, -0.2) is 13.1 Å². The Bertz CT molecular complexity index is 541. The van der Waals surface area contributed by atoms with E-state index in [-0.39, 0.29) is 0 Å². The Labute approximate surface area is 138 Å². The van der Waals surface area contributed by atoms with Gasteiger partial charge in [0.25, 0.3) is 0 Å². The zero-order valence-electron chi connectivity index (χ0n) is 11.5. The van der Waals surface area contributed by atoms with Gasteiger partial charge in [-0.1, -0.05) is 46.6 Å². The Morgan fingerprint density at radius 2 is 2.15 bits per heavy atom. The number of nitrogens with one attached hydrogen (secondary N) is 1. The average molecular weight is 373 g/mol. The summed E-state index contributed by atoms with van der Waals surface area (Å²) in [6.45, 7) is 4.26. The van der Waals surface area contributed by atoms with Crippen molar-refractivity contribution in [3.8, 4) is 0 Å². The molecule has 0 aliphatic heterocycles. The lowest BCUT2D eigenvalue weighted by atomic mass is 9.95. The van der Waals surface area contributed by atoms with Crippen LogP contribution in [0.5, 0.6) is 0 Å². The van der Waals surface area contributed by atoms with Crippen molar-refractivity contribution in [3.05, 3.63) is 55.6 Å². The standard InChI is InChI=1S/C16H19BrClNS/c1-2-8-19-11-13(10-15-6-7-16(18)20-15)12-4-3-5-14(17)9-12/h3-7,9,13,19H,2,8,10-11H2,1H3. The summed E-state index contributed by atoms with van der Waals surface area (Å²) in [6.07, 6.45) is 2.20. The van der Waals surface area contributed by atoms with Gasteiger partial charge in [-0.3, -0.25) is 0 Å². The predicted octanol–water partition coefficient (Wildman–Crippen LogP) is 5.49. The van der Waals surface area contributed by atoms with Gasteiger partial charge in [0.1, 0.15) is 0 Å². The molecular weight excluding hydrogens is 354 g/mol. The van der Waals surface area contributed by atoms with Crippen LogP contribution in [0.25, 0.3) is 0 Å². The lowest BCUT2D eigenvalue weighted by Gasteiger charge is -2.18. The number of hydrogen-bond acceptors (Lipinski definition) is 2. The third-order valence-electron chi connectivity index (χ3n) is 3.21. The Kier molecular flexibility index (Phi) is 6.56. The Hall–Kier alpha value is -0.350. The summed E-state index contributed by atoms with van der Waals surface area (Å²) < 4.78 is 2.01. The first-order valence-electron chi connectivity index (χ1n) is 6.89. The first-order chi connectivity index (χ1) is 9.69. The summed E-state index contributed by atoms with van der Waals surface area (Å²) in [5.74, 6) is 0.480. The summed E-state index contributed by atoms with van der Waals surface area (Å²) in [6, 6.07) is 12.7. The van der Waals surface area contributed by atoms with Crippen LogP contribution in [0.4, 0.5) is 0 Å². The molecule has 0 radical (unpaired) electrons. The second-order valence-electron chi connectivity index (χ2n) is 4.87. The third kappa shape index (κ3) is 4.88. The SMILES string of the molecule is CCCNCC(Cc1ccc(Cl)s1)c1cccc(Br)c1. The van der Waals surface area contributed by atoms with Gasteiger partial charge in [-0.15, -0.1) is 11.3 Å². The van der Waals surface area contributed by atoms with Gasteiger partial charge < -0.3 is 5.32 Å². The fourth-order valence-electron chi connectivity index (χ4n) is 2.23. The molecule has 0 saturated heterocycles. The van der Waals surface area contributed by atoms with E-state index in [9.17, 15) is 0 Å². The third-order valence-corrected chi connectivity index (χ3v) is 4.96. The van der Waals surface area contributed by atoms with Gasteiger partial charge >= 0.3 is 0 Å². The average Bonchev–Trinajstić information content (AvgIpc) is 2.83. The van der Waals surface area contributed by atoms with Crippen molar-refractivity contribution >= 4 is 38.9 Å². The van der Waals surface area contributed by atoms with E-state index in [1.165, 1.54) is 10.4 Å². The number of halogens is 2. The topological polar surface area (TPSA) is 12.0 Å². The molecule has 0 amide bonds. The molecule has 20 heavy (non-hydrogen) atoms. The fraction of sp³-hybridized carbons (Fsp3) is 0.375. The normalized spacial score (nSPS) is 12.6. The second-order valence-corrected chi connectivity index (χ2v) is 7.58. The Morgan fingerprint density at radius 1 is 1.30 bits per heavy atom. The Morgan fingerprint density at radius 3 is 2.80 bits per heavy atom. The smallest absolute Gasteiger partial charge is 0.0931 e. The van der Waals surface area contributed by atoms with Crippen LogP contribution in [0.1, 0.15) is 29.7 Å². The molecule has 1 aromatic carbocycles. The minimum absolute atomic E-state index is 0.480. The van der Waals surface area contributed by atoms with E-state index in [4.69, 9.17) is 11.6 Å². The van der Waals surface area contributed by atoms with E-state index in [1.54, 1.807) is 11.3 Å². The van der Waals surface area contributed by atoms with E-state index in [2.05, 4.69) is 58.5 Å². The van der Waals surface area contributed by atoms with Crippen molar-refractivity contribution in [3.63, 3.8) is 0 Å². The van der Waals surface area contributed by atoms with Crippen LogP contribution in [0.3, 0.4) is 0 Å². The minimum atomic E-state index is 0.480. The molecule has 0 aliphatic rings. The lowest BCUT2D eigenvalue weighted by molar-refractivity contribution is 0.579. The van der Waals surface area contributed by atoms with E-state index < -0.39 is 0 Å². The molecule has 2 aromatic rings. The van der Waals surface area contributed by atoms with Crippen LogP contribution in [0, 0.1) is 0 Å². The van der Waals surface area contributed by atoms with Crippen LogP contribution in [-0.2, 0) is 6.42 Å². The van der Waals surface area contributed by atoms with Gasteiger partial charge in [0.15, 0.2) is 0 Å². The summed E-state index contributed by atoms with van der Waals surface area (Å²) in [4.78, 5) is 1.35. The maximum Gasteiger partial charge on any atom is 0.0931 e. The summed E-state index contributed by atoms with van der Waals surface area (Å²) in [5.41, 5.74) is 1.37. The highest BCUT2D eigenvalue weighted by molar-refractivity contribution is 9.10. The highest BCUT2D eigenvalue weighted by Crippen LogP contribution is 2.28. The molecule has 2 rings (SSSR count). The second kappa shape index (κ2) is 8.18. The van der Waals surface area contributed by atoms with Crippen LogP contribution in [0.15, 0.2) is 40.9 Å². The van der Waals surface area contributed by atoms with E-state index in [0.29, 0.717) is 5.92 Å². The lowest BCUT2D eigenvalue weighted by Crippen LogP contribution is -2.23. The zero-order valence-corrected chi connectivity index (χ0v) is 14.7. The van der Waals surface area contributed by atoms with Gasteiger partial charge in [0.2, 0.25) is 0 Å². The first kappa shape index (κ1) is 16.0. The van der Waals surface area contributed by atoms with Gasteiger partial charge in [0.05, 0.1) is 4.34 Å².